The summed E-state index contributed by atoms with van der Waals surface area (Å²) in [6, 6.07) is 3.69. The molecule has 0 bridgehead atoms. The van der Waals surface area contributed by atoms with Crippen LogP contribution >= 0.6 is 23.2 Å². The molecule has 0 radical (unpaired) electrons. The van der Waals surface area contributed by atoms with Crippen molar-refractivity contribution in [3.05, 3.63) is 33.8 Å². The van der Waals surface area contributed by atoms with Gasteiger partial charge in [0.2, 0.25) is 0 Å². The van der Waals surface area contributed by atoms with E-state index in [1.54, 1.807) is 12.0 Å². The number of hydrogen-bond acceptors (Lipinski definition) is 3. The van der Waals surface area contributed by atoms with Gasteiger partial charge in [-0.2, -0.15) is 0 Å². The number of carbonyl (C=O) groups excluding carboxylic acids is 1. The van der Waals surface area contributed by atoms with E-state index in [9.17, 15) is 4.79 Å². The highest BCUT2D eigenvalue weighted by Crippen LogP contribution is 2.36. The molecule has 0 N–H and O–H groups in total. The number of nitrogens with zero attached hydrogens (tertiary/aromatic N) is 1. The Bertz CT molecular complexity index is 635. The van der Waals surface area contributed by atoms with Crippen LogP contribution in [0.25, 0.3) is 5.57 Å². The zero-order valence-corrected chi connectivity index (χ0v) is 15.3. The molecule has 1 heterocycles. The molecule has 1 aliphatic rings. The summed E-state index contributed by atoms with van der Waals surface area (Å²) in [6.45, 7) is 6.68. The maximum Gasteiger partial charge on any atom is 0.410 e. The van der Waals surface area contributed by atoms with E-state index in [0.717, 1.165) is 17.6 Å². The van der Waals surface area contributed by atoms with Gasteiger partial charge in [-0.05, 0) is 50.5 Å². The van der Waals surface area contributed by atoms with Gasteiger partial charge >= 0.3 is 6.09 Å². The van der Waals surface area contributed by atoms with Crippen LogP contribution in [-0.4, -0.2) is 36.8 Å². The molecule has 1 aliphatic heterocycles. The Kier molecular flexibility index (Phi) is 5.48. The van der Waals surface area contributed by atoms with Gasteiger partial charge in [-0.15, -0.1) is 0 Å². The fraction of sp³-hybridized carbons (Fsp3) is 0.471. The monoisotopic (exact) mass is 357 g/mol. The van der Waals surface area contributed by atoms with Crippen LogP contribution in [0.3, 0.4) is 0 Å². The Morgan fingerprint density at radius 1 is 1.26 bits per heavy atom. The third kappa shape index (κ3) is 4.55. The van der Waals surface area contributed by atoms with Gasteiger partial charge in [0.15, 0.2) is 0 Å². The lowest BCUT2D eigenvalue weighted by atomic mass is 9.99. The van der Waals surface area contributed by atoms with Gasteiger partial charge in [0, 0.05) is 13.1 Å². The Morgan fingerprint density at radius 3 is 2.48 bits per heavy atom. The van der Waals surface area contributed by atoms with E-state index in [2.05, 4.69) is 0 Å². The lowest BCUT2D eigenvalue weighted by Gasteiger charge is -2.29. The molecule has 1 amide bonds. The summed E-state index contributed by atoms with van der Waals surface area (Å²) in [5, 5.41) is 0.862. The summed E-state index contributed by atoms with van der Waals surface area (Å²) in [4.78, 5) is 13.8. The van der Waals surface area contributed by atoms with E-state index < -0.39 is 5.60 Å². The number of methoxy groups -OCH3 is 1. The van der Waals surface area contributed by atoms with Crippen molar-refractivity contribution in [2.45, 2.75) is 32.8 Å². The number of amides is 1. The van der Waals surface area contributed by atoms with Gasteiger partial charge in [-0.25, -0.2) is 4.79 Å². The van der Waals surface area contributed by atoms with Crippen LogP contribution in [0.4, 0.5) is 4.79 Å². The van der Waals surface area contributed by atoms with Crippen molar-refractivity contribution < 1.29 is 14.3 Å². The van der Waals surface area contributed by atoms with E-state index in [0.29, 0.717) is 28.9 Å². The Balaban J connectivity index is 2.13. The number of rotatable bonds is 2. The molecule has 0 unspecified atom stereocenters. The number of ether oxygens (including phenoxy) is 2. The number of hydrogen-bond donors (Lipinski definition) is 0. The van der Waals surface area contributed by atoms with Gasteiger partial charge in [0.05, 0.1) is 12.1 Å². The molecule has 0 saturated heterocycles. The predicted octanol–water partition coefficient (Wildman–Crippen LogP) is 5.03. The fourth-order valence-electron chi connectivity index (χ4n) is 2.32. The molecule has 126 valence electrons. The van der Waals surface area contributed by atoms with Crippen LogP contribution in [0.2, 0.25) is 10.0 Å². The standard InChI is InChI=1S/C17H21Cl2NO3/c1-17(2,3)23-16(21)20-7-5-11(6-8-20)12-9-13(18)15(19)14(10-12)22-4/h5,9-10H,6-8H2,1-4H3. The number of carbonyl (C=O) groups is 1. The summed E-state index contributed by atoms with van der Waals surface area (Å²) in [6.07, 6.45) is 2.44. The van der Waals surface area contributed by atoms with Crippen LogP contribution in [0.15, 0.2) is 18.2 Å². The first kappa shape index (κ1) is 18.0. The van der Waals surface area contributed by atoms with Crippen molar-refractivity contribution in [2.24, 2.45) is 0 Å². The summed E-state index contributed by atoms with van der Waals surface area (Å²) in [7, 11) is 1.56. The fourth-order valence-corrected chi connectivity index (χ4v) is 2.72. The summed E-state index contributed by atoms with van der Waals surface area (Å²) < 4.78 is 10.6. The first-order valence-electron chi connectivity index (χ1n) is 7.41. The summed E-state index contributed by atoms with van der Waals surface area (Å²) >= 11 is 12.2. The first-order chi connectivity index (χ1) is 10.7. The van der Waals surface area contributed by atoms with E-state index in [4.69, 9.17) is 32.7 Å². The summed E-state index contributed by atoms with van der Waals surface area (Å²) in [5.74, 6) is 0.546. The van der Waals surface area contributed by atoms with E-state index in [-0.39, 0.29) is 6.09 Å². The zero-order valence-electron chi connectivity index (χ0n) is 13.8. The maximum atomic E-state index is 12.1. The molecule has 0 fully saturated rings. The minimum atomic E-state index is -0.488. The Morgan fingerprint density at radius 2 is 1.96 bits per heavy atom. The highest BCUT2D eigenvalue weighted by Gasteiger charge is 2.24. The first-order valence-corrected chi connectivity index (χ1v) is 8.17. The third-order valence-electron chi connectivity index (χ3n) is 3.45. The van der Waals surface area contributed by atoms with E-state index in [1.165, 1.54) is 0 Å². The molecule has 4 nitrogen and oxygen atoms in total. The molecule has 23 heavy (non-hydrogen) atoms. The molecular weight excluding hydrogens is 337 g/mol. The van der Waals surface area contributed by atoms with Crippen LogP contribution in [0.1, 0.15) is 32.8 Å². The smallest absolute Gasteiger partial charge is 0.410 e. The second kappa shape index (κ2) is 7.02. The van der Waals surface area contributed by atoms with Crippen LogP contribution in [0.5, 0.6) is 5.75 Å². The van der Waals surface area contributed by atoms with Gasteiger partial charge < -0.3 is 14.4 Å². The number of benzene rings is 1. The highest BCUT2D eigenvalue weighted by atomic mass is 35.5. The van der Waals surface area contributed by atoms with E-state index in [1.807, 2.05) is 39.0 Å². The van der Waals surface area contributed by atoms with Crippen LogP contribution in [-0.2, 0) is 4.74 Å². The number of halogens is 2. The van der Waals surface area contributed by atoms with Crippen molar-refractivity contribution in [2.75, 3.05) is 20.2 Å². The normalized spacial score (nSPS) is 15.2. The van der Waals surface area contributed by atoms with Crippen molar-refractivity contribution in [1.82, 2.24) is 4.90 Å². The average Bonchev–Trinajstić information content (AvgIpc) is 2.48. The predicted molar refractivity (Wildman–Crippen MR) is 93.4 cm³/mol. The van der Waals surface area contributed by atoms with Gasteiger partial charge in [-0.3, -0.25) is 0 Å². The van der Waals surface area contributed by atoms with Gasteiger partial charge in [-0.1, -0.05) is 29.3 Å². The molecule has 1 aromatic carbocycles. The van der Waals surface area contributed by atoms with Crippen molar-refractivity contribution in [1.29, 1.82) is 0 Å². The highest BCUT2D eigenvalue weighted by molar-refractivity contribution is 6.43. The molecular formula is C17H21Cl2NO3. The third-order valence-corrected chi connectivity index (χ3v) is 4.23. The molecule has 6 heteroatoms. The molecule has 2 rings (SSSR count). The molecule has 0 spiro atoms. The molecule has 0 atom stereocenters. The second-order valence-corrected chi connectivity index (χ2v) is 7.17. The zero-order chi connectivity index (χ0) is 17.2. The second-order valence-electron chi connectivity index (χ2n) is 6.38. The minimum Gasteiger partial charge on any atom is -0.495 e. The van der Waals surface area contributed by atoms with Gasteiger partial charge in [0.25, 0.3) is 0 Å². The SMILES string of the molecule is COc1cc(C2=CCN(C(=O)OC(C)(C)C)CC2)cc(Cl)c1Cl. The largest absolute Gasteiger partial charge is 0.495 e. The van der Waals surface area contributed by atoms with Crippen molar-refractivity contribution >= 4 is 34.9 Å². The van der Waals surface area contributed by atoms with Gasteiger partial charge in [0.1, 0.15) is 16.4 Å². The topological polar surface area (TPSA) is 38.8 Å². The van der Waals surface area contributed by atoms with Crippen molar-refractivity contribution in [3.8, 4) is 5.75 Å². The Hall–Kier alpha value is -1.39. The lowest BCUT2D eigenvalue weighted by molar-refractivity contribution is 0.0270. The molecule has 0 aliphatic carbocycles. The average molecular weight is 358 g/mol. The molecule has 0 saturated carbocycles. The molecule has 1 aromatic rings. The van der Waals surface area contributed by atoms with Crippen LogP contribution in [0, 0.1) is 0 Å². The Labute approximate surface area is 147 Å². The minimum absolute atomic E-state index is 0.292. The summed E-state index contributed by atoms with van der Waals surface area (Å²) in [5.41, 5.74) is 1.58. The maximum absolute atomic E-state index is 12.1. The lowest BCUT2D eigenvalue weighted by Crippen LogP contribution is -2.39. The molecule has 0 aromatic heterocycles. The van der Waals surface area contributed by atoms with Crippen LogP contribution < -0.4 is 4.74 Å². The van der Waals surface area contributed by atoms with Crippen molar-refractivity contribution in [3.63, 3.8) is 0 Å². The van der Waals surface area contributed by atoms with E-state index >= 15 is 0 Å². The quantitative estimate of drug-likeness (QED) is 0.745.